The zero-order chi connectivity index (χ0) is 25.6. The minimum Gasteiger partial charge on any atom is -0.365 e. The maximum absolute atomic E-state index is 6.07. The van der Waals surface area contributed by atoms with Crippen LogP contribution in [0, 0.1) is 6.92 Å². The zero-order valence-corrected chi connectivity index (χ0v) is 23.4. The van der Waals surface area contributed by atoms with E-state index in [1.54, 1.807) is 6.33 Å². The van der Waals surface area contributed by atoms with E-state index in [2.05, 4.69) is 79.6 Å². The standard InChI is InChI=1S/C21H35N5O2.C4H10.C2H6/c1-6-7-11-27-15-25-12-16(2)18-19(22-14-23-20(18)25)24-17-9-8-10-26(13-17)28-21(3,4)5;1-3-4-2;1-2/h12,14,17H,6-11,13,15H2,1-5H3,(H,22,23,24);3-4H2,1-2H3;1-2H3/t17-;;/m1../s1. The largest absolute Gasteiger partial charge is 0.365 e. The fourth-order valence-corrected chi connectivity index (χ4v) is 3.66. The molecule has 0 bridgehead atoms. The Labute approximate surface area is 208 Å². The van der Waals surface area contributed by atoms with Crippen LogP contribution in [0.1, 0.15) is 99.5 Å². The first kappa shape index (κ1) is 30.3. The predicted octanol–water partition coefficient (Wildman–Crippen LogP) is 6.95. The number of anilines is 1. The maximum atomic E-state index is 6.07. The number of nitrogens with zero attached hydrogens (tertiary/aromatic N) is 4. The number of hydrogen-bond acceptors (Lipinski definition) is 6. The van der Waals surface area contributed by atoms with Gasteiger partial charge in [-0.15, -0.1) is 0 Å². The van der Waals surface area contributed by atoms with Crippen LogP contribution >= 0.6 is 0 Å². The molecule has 3 rings (SSSR count). The summed E-state index contributed by atoms with van der Waals surface area (Å²) >= 11 is 0. The molecule has 0 aromatic carbocycles. The molecule has 3 heterocycles. The topological polar surface area (TPSA) is 64.4 Å². The van der Waals surface area contributed by atoms with Crippen LogP contribution in [0.4, 0.5) is 5.82 Å². The van der Waals surface area contributed by atoms with E-state index in [0.717, 1.165) is 67.8 Å². The fourth-order valence-electron chi connectivity index (χ4n) is 3.66. The van der Waals surface area contributed by atoms with E-state index < -0.39 is 0 Å². The molecule has 2 aromatic heterocycles. The third-order valence-corrected chi connectivity index (χ3v) is 5.34. The van der Waals surface area contributed by atoms with Gasteiger partial charge in [0.25, 0.3) is 0 Å². The van der Waals surface area contributed by atoms with Gasteiger partial charge in [0.2, 0.25) is 0 Å². The normalized spacial score (nSPS) is 16.4. The summed E-state index contributed by atoms with van der Waals surface area (Å²) in [6.45, 7) is 22.0. The smallest absolute Gasteiger partial charge is 0.147 e. The van der Waals surface area contributed by atoms with Crippen molar-refractivity contribution in [2.75, 3.05) is 25.0 Å². The third kappa shape index (κ3) is 10.3. The highest BCUT2D eigenvalue weighted by Gasteiger charge is 2.25. The molecule has 1 saturated heterocycles. The van der Waals surface area contributed by atoms with E-state index in [0.29, 0.717) is 12.8 Å². The van der Waals surface area contributed by atoms with Crippen molar-refractivity contribution in [1.29, 1.82) is 0 Å². The van der Waals surface area contributed by atoms with Crippen LogP contribution in [-0.2, 0) is 16.3 Å². The maximum Gasteiger partial charge on any atom is 0.147 e. The van der Waals surface area contributed by atoms with Crippen molar-refractivity contribution in [2.45, 2.75) is 119 Å². The number of hydrogen-bond donors (Lipinski definition) is 1. The third-order valence-electron chi connectivity index (χ3n) is 5.34. The Morgan fingerprint density at radius 3 is 2.41 bits per heavy atom. The first-order chi connectivity index (χ1) is 16.3. The lowest BCUT2D eigenvalue weighted by molar-refractivity contribution is -0.236. The molecule has 0 aliphatic carbocycles. The lowest BCUT2D eigenvalue weighted by atomic mass is 10.1. The van der Waals surface area contributed by atoms with Crippen molar-refractivity contribution in [1.82, 2.24) is 19.6 Å². The van der Waals surface area contributed by atoms with E-state index in [1.165, 1.54) is 12.8 Å². The number of piperidine rings is 1. The number of ether oxygens (including phenoxy) is 1. The highest BCUT2D eigenvalue weighted by Crippen LogP contribution is 2.27. The molecule has 0 spiro atoms. The van der Waals surface area contributed by atoms with Gasteiger partial charge in [-0.1, -0.05) is 53.9 Å². The van der Waals surface area contributed by atoms with Crippen LogP contribution in [-0.4, -0.2) is 50.9 Å². The lowest BCUT2D eigenvalue weighted by Gasteiger charge is -2.36. The average molecular weight is 478 g/mol. The van der Waals surface area contributed by atoms with Gasteiger partial charge in [-0.2, -0.15) is 5.06 Å². The van der Waals surface area contributed by atoms with Gasteiger partial charge in [0.05, 0.1) is 11.0 Å². The summed E-state index contributed by atoms with van der Waals surface area (Å²) in [7, 11) is 0. The Balaban J connectivity index is 0.000000872. The Morgan fingerprint density at radius 1 is 1.09 bits per heavy atom. The van der Waals surface area contributed by atoms with Crippen LogP contribution in [0.25, 0.3) is 11.0 Å². The van der Waals surface area contributed by atoms with Crippen LogP contribution in [0.5, 0.6) is 0 Å². The van der Waals surface area contributed by atoms with Crippen LogP contribution < -0.4 is 5.32 Å². The molecule has 1 fully saturated rings. The van der Waals surface area contributed by atoms with Crippen molar-refractivity contribution < 1.29 is 9.57 Å². The second-order valence-corrected chi connectivity index (χ2v) is 9.67. The molecular weight excluding hydrogens is 426 g/mol. The van der Waals surface area contributed by atoms with Gasteiger partial charge in [-0.05, 0) is 52.5 Å². The summed E-state index contributed by atoms with van der Waals surface area (Å²) in [5.41, 5.74) is 1.91. The van der Waals surface area contributed by atoms with Crippen LogP contribution in [0.3, 0.4) is 0 Å². The quantitative estimate of drug-likeness (QED) is 0.394. The molecule has 0 amide bonds. The van der Waals surface area contributed by atoms with Gasteiger partial charge in [-0.25, -0.2) is 9.97 Å². The van der Waals surface area contributed by atoms with Gasteiger partial charge < -0.3 is 14.6 Å². The first-order valence-electron chi connectivity index (χ1n) is 13.4. The second-order valence-electron chi connectivity index (χ2n) is 9.67. The number of nitrogens with one attached hydrogen (secondary N) is 1. The number of aromatic nitrogens is 3. The van der Waals surface area contributed by atoms with Gasteiger partial charge in [0, 0.05) is 31.9 Å². The molecule has 0 unspecified atom stereocenters. The van der Waals surface area contributed by atoms with Crippen LogP contribution in [0.2, 0.25) is 0 Å². The molecule has 196 valence electrons. The van der Waals surface area contributed by atoms with Gasteiger partial charge in [-0.3, -0.25) is 4.84 Å². The predicted molar refractivity (Wildman–Crippen MR) is 144 cm³/mol. The Bertz CT molecular complexity index is 798. The molecule has 1 aliphatic heterocycles. The molecule has 1 aliphatic rings. The first-order valence-corrected chi connectivity index (χ1v) is 13.4. The van der Waals surface area contributed by atoms with Crippen LogP contribution in [0.15, 0.2) is 12.5 Å². The van der Waals surface area contributed by atoms with Gasteiger partial charge in [0.15, 0.2) is 0 Å². The summed E-state index contributed by atoms with van der Waals surface area (Å²) in [6, 6.07) is 0.303. The number of fused-ring (bicyclic) bond motifs is 1. The summed E-state index contributed by atoms with van der Waals surface area (Å²) < 4.78 is 7.86. The highest BCUT2D eigenvalue weighted by molar-refractivity contribution is 5.90. The Morgan fingerprint density at radius 2 is 1.79 bits per heavy atom. The highest BCUT2D eigenvalue weighted by atomic mass is 16.7. The summed E-state index contributed by atoms with van der Waals surface area (Å²) in [5.74, 6) is 0.900. The summed E-state index contributed by atoms with van der Waals surface area (Å²) in [5, 5.41) is 6.80. The van der Waals surface area contributed by atoms with E-state index in [4.69, 9.17) is 9.57 Å². The van der Waals surface area contributed by atoms with E-state index in [9.17, 15) is 0 Å². The van der Waals surface area contributed by atoms with Gasteiger partial charge in [0.1, 0.15) is 24.5 Å². The minimum atomic E-state index is -0.171. The molecule has 7 nitrogen and oxygen atoms in total. The molecule has 1 N–H and O–H groups in total. The SMILES string of the molecule is CC.CCCC.CCCCOCn1cc(C)c2c(N[C@@H]3CCCN(OC(C)(C)C)C3)ncnc21. The van der Waals surface area contributed by atoms with Crippen molar-refractivity contribution in [3.63, 3.8) is 0 Å². The average Bonchev–Trinajstić information content (AvgIpc) is 3.14. The van der Waals surface area contributed by atoms with Gasteiger partial charge >= 0.3 is 0 Å². The van der Waals surface area contributed by atoms with E-state index >= 15 is 0 Å². The summed E-state index contributed by atoms with van der Waals surface area (Å²) in [4.78, 5) is 15.1. The molecule has 34 heavy (non-hydrogen) atoms. The zero-order valence-electron chi connectivity index (χ0n) is 23.4. The monoisotopic (exact) mass is 477 g/mol. The lowest BCUT2D eigenvalue weighted by Crippen LogP contribution is -2.45. The van der Waals surface area contributed by atoms with Crippen molar-refractivity contribution in [2.24, 2.45) is 0 Å². The number of rotatable bonds is 9. The number of hydroxylamine groups is 2. The fraction of sp³-hybridized carbons (Fsp3) is 0.778. The Hall–Kier alpha value is -1.70. The molecule has 7 heteroatoms. The molecule has 0 radical (unpaired) electrons. The molecule has 1 atom stereocenters. The minimum absolute atomic E-state index is 0.171. The molecule has 2 aromatic rings. The molecule has 0 saturated carbocycles. The second kappa shape index (κ2) is 16.1. The van der Waals surface area contributed by atoms with E-state index in [1.807, 2.05) is 13.8 Å². The number of aryl methyl sites for hydroxylation is 1. The molecular formula is C27H51N5O2. The summed E-state index contributed by atoms with van der Waals surface area (Å²) in [6.07, 6.45) is 10.8. The van der Waals surface area contributed by atoms with E-state index in [-0.39, 0.29) is 5.60 Å². The van der Waals surface area contributed by atoms with Crippen molar-refractivity contribution in [3.8, 4) is 0 Å². The van der Waals surface area contributed by atoms with Crippen molar-refractivity contribution in [3.05, 3.63) is 18.1 Å². The Kier molecular flexibility index (Phi) is 14.3. The van der Waals surface area contributed by atoms with Crippen molar-refractivity contribution >= 4 is 16.9 Å². The number of unbranched alkanes of at least 4 members (excludes halogenated alkanes) is 2.